The summed E-state index contributed by atoms with van der Waals surface area (Å²) in [5, 5.41) is 6.49. The Balaban J connectivity index is 1.80. The van der Waals surface area contributed by atoms with Crippen LogP contribution in [0.3, 0.4) is 0 Å². The number of rotatable bonds is 5. The molecule has 0 saturated heterocycles. The van der Waals surface area contributed by atoms with Crippen molar-refractivity contribution >= 4 is 6.09 Å². The van der Waals surface area contributed by atoms with Gasteiger partial charge in [-0.2, -0.15) is 0 Å². The molecular weight excluding hydrogens is 292 g/mol. The van der Waals surface area contributed by atoms with E-state index in [-0.39, 0.29) is 6.09 Å². The van der Waals surface area contributed by atoms with E-state index in [0.717, 1.165) is 25.1 Å². The van der Waals surface area contributed by atoms with Gasteiger partial charge in [-0.1, -0.05) is 12.8 Å². The summed E-state index contributed by atoms with van der Waals surface area (Å²) >= 11 is 0. The van der Waals surface area contributed by atoms with Crippen LogP contribution < -0.4 is 10.6 Å². The number of aromatic nitrogens is 2. The Morgan fingerprint density at radius 1 is 1.35 bits per heavy atom. The van der Waals surface area contributed by atoms with Gasteiger partial charge in [0.15, 0.2) is 0 Å². The molecule has 1 fully saturated rings. The van der Waals surface area contributed by atoms with E-state index >= 15 is 0 Å². The van der Waals surface area contributed by atoms with Gasteiger partial charge in [-0.25, -0.2) is 14.8 Å². The fraction of sp³-hybridized carbons (Fsp3) is 0.706. The van der Waals surface area contributed by atoms with Crippen molar-refractivity contribution in [2.75, 3.05) is 6.54 Å². The second kappa shape index (κ2) is 8.24. The lowest BCUT2D eigenvalue weighted by molar-refractivity contribution is 0.0510. The first-order valence-electron chi connectivity index (χ1n) is 8.39. The van der Waals surface area contributed by atoms with Crippen LogP contribution in [-0.4, -0.2) is 34.2 Å². The van der Waals surface area contributed by atoms with Gasteiger partial charge in [0, 0.05) is 25.3 Å². The number of carbonyl (C=O) groups is 1. The third-order valence-corrected chi connectivity index (χ3v) is 4.01. The Hall–Kier alpha value is -1.69. The molecule has 0 aromatic carbocycles. The van der Waals surface area contributed by atoms with E-state index in [2.05, 4.69) is 20.6 Å². The summed E-state index contributed by atoms with van der Waals surface area (Å²) in [7, 11) is 0. The van der Waals surface area contributed by atoms with Gasteiger partial charge in [-0.3, -0.25) is 0 Å². The highest BCUT2D eigenvalue weighted by molar-refractivity contribution is 5.67. The van der Waals surface area contributed by atoms with Crippen LogP contribution in [0.25, 0.3) is 0 Å². The molecule has 1 aliphatic rings. The second-order valence-electron chi connectivity index (χ2n) is 7.12. The minimum atomic E-state index is -0.457. The molecule has 1 heterocycles. The number of carbonyl (C=O) groups excluding carboxylic acids is 1. The van der Waals surface area contributed by atoms with Crippen molar-refractivity contribution in [2.45, 2.75) is 64.6 Å². The molecule has 2 N–H and O–H groups in total. The molecule has 1 amide bonds. The van der Waals surface area contributed by atoms with Crippen molar-refractivity contribution in [3.8, 4) is 0 Å². The molecule has 0 radical (unpaired) electrons. The predicted octanol–water partition coefficient (Wildman–Crippen LogP) is 2.65. The van der Waals surface area contributed by atoms with E-state index in [0.29, 0.717) is 18.5 Å². The molecule has 0 spiro atoms. The van der Waals surface area contributed by atoms with Gasteiger partial charge in [0.05, 0.1) is 5.69 Å². The summed E-state index contributed by atoms with van der Waals surface area (Å²) in [6.45, 7) is 7.00. The van der Waals surface area contributed by atoms with Gasteiger partial charge in [-0.15, -0.1) is 0 Å². The van der Waals surface area contributed by atoms with E-state index < -0.39 is 5.60 Å². The van der Waals surface area contributed by atoms with Crippen LogP contribution in [0.5, 0.6) is 0 Å². The Morgan fingerprint density at radius 3 is 2.83 bits per heavy atom. The fourth-order valence-electron chi connectivity index (χ4n) is 2.91. The molecule has 0 bridgehead atoms. The quantitative estimate of drug-likeness (QED) is 0.872. The van der Waals surface area contributed by atoms with Crippen molar-refractivity contribution in [1.82, 2.24) is 20.6 Å². The number of nitrogens with zero attached hydrogens (tertiary/aromatic N) is 2. The lowest BCUT2D eigenvalue weighted by Gasteiger charge is -2.32. The summed E-state index contributed by atoms with van der Waals surface area (Å²) in [4.78, 5) is 20.0. The standard InChI is InChI=1S/C17H28N4O2/c1-17(2,3)23-16(22)20-10-13-6-4-5-7-15(13)19-11-14-8-9-18-12-21-14/h8-9,12-13,15,19H,4-7,10-11H2,1-3H3,(H,20,22). The third kappa shape index (κ3) is 6.52. The Labute approximate surface area is 138 Å². The smallest absolute Gasteiger partial charge is 0.407 e. The second-order valence-corrected chi connectivity index (χ2v) is 7.12. The molecule has 128 valence electrons. The Morgan fingerprint density at radius 2 is 2.13 bits per heavy atom. The zero-order valence-electron chi connectivity index (χ0n) is 14.3. The number of ether oxygens (including phenoxy) is 1. The number of nitrogens with one attached hydrogen (secondary N) is 2. The number of amides is 1. The van der Waals surface area contributed by atoms with Crippen LogP contribution in [-0.2, 0) is 11.3 Å². The van der Waals surface area contributed by atoms with Crippen LogP contribution >= 0.6 is 0 Å². The van der Waals surface area contributed by atoms with Crippen LogP contribution in [0, 0.1) is 5.92 Å². The Bertz CT molecular complexity index is 487. The van der Waals surface area contributed by atoms with Crippen molar-refractivity contribution in [1.29, 1.82) is 0 Å². The van der Waals surface area contributed by atoms with Gasteiger partial charge in [0.25, 0.3) is 0 Å². The lowest BCUT2D eigenvalue weighted by Crippen LogP contribution is -2.44. The predicted molar refractivity (Wildman–Crippen MR) is 88.9 cm³/mol. The highest BCUT2D eigenvalue weighted by atomic mass is 16.6. The van der Waals surface area contributed by atoms with Crippen molar-refractivity contribution in [3.05, 3.63) is 24.3 Å². The zero-order chi connectivity index (χ0) is 16.7. The largest absolute Gasteiger partial charge is 0.444 e. The molecule has 6 heteroatoms. The highest BCUT2D eigenvalue weighted by Gasteiger charge is 2.26. The summed E-state index contributed by atoms with van der Waals surface area (Å²) in [5.74, 6) is 0.429. The monoisotopic (exact) mass is 320 g/mol. The Kier molecular flexibility index (Phi) is 6.33. The summed E-state index contributed by atoms with van der Waals surface area (Å²) in [6.07, 6.45) is 7.68. The topological polar surface area (TPSA) is 76.1 Å². The number of hydrogen-bond donors (Lipinski definition) is 2. The van der Waals surface area contributed by atoms with E-state index in [4.69, 9.17) is 4.74 Å². The molecule has 1 saturated carbocycles. The molecule has 1 aromatic rings. The maximum Gasteiger partial charge on any atom is 0.407 e. The number of alkyl carbamates (subject to hydrolysis) is 1. The van der Waals surface area contributed by atoms with Gasteiger partial charge in [0.2, 0.25) is 0 Å². The maximum absolute atomic E-state index is 11.8. The number of hydrogen-bond acceptors (Lipinski definition) is 5. The summed E-state index contributed by atoms with van der Waals surface area (Å²) in [5.41, 5.74) is 0.533. The molecule has 1 aliphatic carbocycles. The summed E-state index contributed by atoms with van der Waals surface area (Å²) in [6, 6.07) is 2.32. The van der Waals surface area contributed by atoms with Gasteiger partial charge in [0.1, 0.15) is 11.9 Å². The van der Waals surface area contributed by atoms with Gasteiger partial charge < -0.3 is 15.4 Å². The molecule has 0 aliphatic heterocycles. The third-order valence-electron chi connectivity index (χ3n) is 4.01. The normalized spacial score (nSPS) is 21.7. The van der Waals surface area contributed by atoms with E-state index in [9.17, 15) is 4.79 Å². The summed E-state index contributed by atoms with van der Waals surface area (Å²) < 4.78 is 5.31. The highest BCUT2D eigenvalue weighted by Crippen LogP contribution is 2.24. The van der Waals surface area contributed by atoms with Gasteiger partial charge >= 0.3 is 6.09 Å². The molecular formula is C17H28N4O2. The van der Waals surface area contributed by atoms with Crippen molar-refractivity contribution in [2.24, 2.45) is 5.92 Å². The first kappa shape index (κ1) is 17.7. The van der Waals surface area contributed by atoms with Crippen molar-refractivity contribution in [3.63, 3.8) is 0 Å². The average Bonchev–Trinajstić information content (AvgIpc) is 2.51. The first-order valence-corrected chi connectivity index (χ1v) is 8.39. The van der Waals surface area contributed by atoms with E-state index in [1.807, 2.05) is 26.8 Å². The fourth-order valence-corrected chi connectivity index (χ4v) is 2.91. The SMILES string of the molecule is CC(C)(C)OC(=O)NCC1CCCCC1NCc1ccncn1. The van der Waals surface area contributed by atoms with Crippen LogP contribution in [0.15, 0.2) is 18.6 Å². The van der Waals surface area contributed by atoms with Gasteiger partial charge in [-0.05, 0) is 45.6 Å². The zero-order valence-corrected chi connectivity index (χ0v) is 14.3. The van der Waals surface area contributed by atoms with Crippen LogP contribution in [0.4, 0.5) is 4.79 Å². The minimum Gasteiger partial charge on any atom is -0.444 e. The van der Waals surface area contributed by atoms with E-state index in [1.54, 1.807) is 12.5 Å². The first-order chi connectivity index (χ1) is 10.9. The molecule has 1 aromatic heterocycles. The molecule has 23 heavy (non-hydrogen) atoms. The average molecular weight is 320 g/mol. The molecule has 2 atom stereocenters. The van der Waals surface area contributed by atoms with E-state index in [1.165, 1.54) is 12.8 Å². The van der Waals surface area contributed by atoms with Crippen molar-refractivity contribution < 1.29 is 9.53 Å². The lowest BCUT2D eigenvalue weighted by atomic mass is 9.84. The van der Waals surface area contributed by atoms with Crippen LogP contribution in [0.2, 0.25) is 0 Å². The maximum atomic E-state index is 11.8. The molecule has 2 unspecified atom stereocenters. The molecule has 2 rings (SSSR count). The minimum absolute atomic E-state index is 0.336. The van der Waals surface area contributed by atoms with Crippen LogP contribution in [0.1, 0.15) is 52.1 Å². The molecule has 6 nitrogen and oxygen atoms in total.